The van der Waals surface area contributed by atoms with Gasteiger partial charge in [0.15, 0.2) is 0 Å². The summed E-state index contributed by atoms with van der Waals surface area (Å²) in [5, 5.41) is 2.81. The second-order valence-electron chi connectivity index (χ2n) is 7.59. The lowest BCUT2D eigenvalue weighted by molar-refractivity contribution is 0.0919. The molecule has 0 aliphatic carbocycles. The number of aryl methyl sites for hydroxylation is 1. The first kappa shape index (κ1) is 20.1. The second kappa shape index (κ2) is 7.05. The van der Waals surface area contributed by atoms with E-state index in [2.05, 4.69) is 10.3 Å². The van der Waals surface area contributed by atoms with Gasteiger partial charge in [-0.15, -0.1) is 0 Å². The fourth-order valence-corrected chi connectivity index (χ4v) is 4.53. The Balaban J connectivity index is 2.04. The number of hydrogen-bond acceptors (Lipinski definition) is 5. The summed E-state index contributed by atoms with van der Waals surface area (Å²) in [5.74, 6) is -0.757. The van der Waals surface area contributed by atoms with Crippen molar-refractivity contribution in [3.05, 3.63) is 47.4 Å². The standard InChI is InChI=1S/C19H22FN3O4S/c1-12-9-14(20)5-6-16(12)28(25,26)23-7-8-27-18-15(23)10-13(11-21-18)17(24)22-19(2,3)4/h5-6,9-11H,7-8H2,1-4H3,(H,22,24). The Hall–Kier alpha value is -2.68. The normalized spacial score (nSPS) is 14.2. The summed E-state index contributed by atoms with van der Waals surface area (Å²) in [4.78, 5) is 16.6. The summed E-state index contributed by atoms with van der Waals surface area (Å²) < 4.78 is 46.4. The molecule has 7 nitrogen and oxygen atoms in total. The first-order valence-corrected chi connectivity index (χ1v) is 10.2. The third-order valence-corrected chi connectivity index (χ3v) is 6.06. The summed E-state index contributed by atoms with van der Waals surface area (Å²) in [7, 11) is -3.99. The molecule has 2 heterocycles. The van der Waals surface area contributed by atoms with Crippen LogP contribution in [-0.2, 0) is 10.0 Å². The Morgan fingerprint density at radius 1 is 1.29 bits per heavy atom. The second-order valence-corrected chi connectivity index (χ2v) is 9.42. The average molecular weight is 407 g/mol. The van der Waals surface area contributed by atoms with Gasteiger partial charge in [0.1, 0.15) is 18.1 Å². The molecule has 0 fully saturated rings. The lowest BCUT2D eigenvalue weighted by Crippen LogP contribution is -2.41. The van der Waals surface area contributed by atoms with Crippen LogP contribution in [0.15, 0.2) is 35.4 Å². The summed E-state index contributed by atoms with van der Waals surface area (Å²) in [6, 6.07) is 4.95. The van der Waals surface area contributed by atoms with E-state index in [0.29, 0.717) is 5.56 Å². The van der Waals surface area contributed by atoms with Crippen LogP contribution in [0.25, 0.3) is 0 Å². The molecule has 28 heavy (non-hydrogen) atoms. The number of benzene rings is 1. The van der Waals surface area contributed by atoms with E-state index < -0.39 is 21.4 Å². The predicted molar refractivity (Wildman–Crippen MR) is 103 cm³/mol. The largest absolute Gasteiger partial charge is 0.474 e. The van der Waals surface area contributed by atoms with Crippen molar-refractivity contribution in [2.75, 3.05) is 17.5 Å². The lowest BCUT2D eigenvalue weighted by Gasteiger charge is -2.30. The smallest absolute Gasteiger partial charge is 0.264 e. The van der Waals surface area contributed by atoms with Crippen LogP contribution in [-0.4, -0.2) is 38.0 Å². The van der Waals surface area contributed by atoms with Gasteiger partial charge in [-0.1, -0.05) is 0 Å². The quantitative estimate of drug-likeness (QED) is 0.845. The molecule has 0 radical (unpaired) electrons. The minimum atomic E-state index is -3.99. The van der Waals surface area contributed by atoms with Gasteiger partial charge in [0, 0.05) is 11.7 Å². The van der Waals surface area contributed by atoms with Gasteiger partial charge in [-0.3, -0.25) is 9.10 Å². The van der Waals surface area contributed by atoms with Crippen molar-refractivity contribution < 1.29 is 22.3 Å². The van der Waals surface area contributed by atoms with E-state index in [1.807, 2.05) is 20.8 Å². The molecular weight excluding hydrogens is 385 g/mol. The molecule has 2 aromatic rings. The summed E-state index contributed by atoms with van der Waals surface area (Å²) in [6.45, 7) is 7.23. The number of ether oxygens (including phenoxy) is 1. The fraction of sp³-hybridized carbons (Fsp3) is 0.368. The molecule has 1 aliphatic heterocycles. The molecule has 1 aromatic carbocycles. The van der Waals surface area contributed by atoms with E-state index in [0.717, 1.165) is 10.4 Å². The number of nitrogens with one attached hydrogen (secondary N) is 1. The Morgan fingerprint density at radius 3 is 2.64 bits per heavy atom. The predicted octanol–water partition coefficient (Wildman–Crippen LogP) is 2.65. The summed E-state index contributed by atoms with van der Waals surface area (Å²) >= 11 is 0. The highest BCUT2D eigenvalue weighted by molar-refractivity contribution is 7.92. The maximum absolute atomic E-state index is 13.4. The molecule has 0 saturated carbocycles. The van der Waals surface area contributed by atoms with Gasteiger partial charge < -0.3 is 10.1 Å². The van der Waals surface area contributed by atoms with Crippen molar-refractivity contribution in [3.63, 3.8) is 0 Å². The van der Waals surface area contributed by atoms with Crippen LogP contribution in [0.5, 0.6) is 5.88 Å². The van der Waals surface area contributed by atoms with Crippen molar-refractivity contribution in [2.45, 2.75) is 38.1 Å². The molecule has 3 rings (SSSR count). The summed E-state index contributed by atoms with van der Waals surface area (Å²) in [6.07, 6.45) is 1.35. The van der Waals surface area contributed by atoms with E-state index in [4.69, 9.17) is 4.74 Å². The van der Waals surface area contributed by atoms with Gasteiger partial charge >= 0.3 is 0 Å². The minimum absolute atomic E-state index is 0.00806. The molecule has 150 valence electrons. The zero-order valence-corrected chi connectivity index (χ0v) is 16.9. The van der Waals surface area contributed by atoms with Gasteiger partial charge in [-0.25, -0.2) is 17.8 Å². The number of carbonyl (C=O) groups is 1. The first-order chi connectivity index (χ1) is 13.0. The zero-order valence-electron chi connectivity index (χ0n) is 16.1. The Bertz CT molecular complexity index is 1030. The minimum Gasteiger partial charge on any atom is -0.474 e. The number of nitrogens with zero attached hydrogens (tertiary/aromatic N) is 2. The van der Waals surface area contributed by atoms with E-state index in [1.54, 1.807) is 0 Å². The molecule has 0 spiro atoms. The van der Waals surface area contributed by atoms with E-state index in [1.165, 1.54) is 31.3 Å². The number of hydrogen-bond donors (Lipinski definition) is 1. The summed E-state index contributed by atoms with van der Waals surface area (Å²) in [5.41, 5.74) is 0.231. The highest BCUT2D eigenvalue weighted by atomic mass is 32.2. The highest BCUT2D eigenvalue weighted by Gasteiger charge is 2.33. The molecular formula is C19H22FN3O4S. The molecule has 1 amide bonds. The number of fused-ring (bicyclic) bond motifs is 1. The molecule has 0 saturated heterocycles. The van der Waals surface area contributed by atoms with Crippen molar-refractivity contribution in [3.8, 4) is 5.88 Å². The van der Waals surface area contributed by atoms with Gasteiger partial charge in [-0.05, 0) is 57.5 Å². The lowest BCUT2D eigenvalue weighted by atomic mass is 10.1. The first-order valence-electron chi connectivity index (χ1n) is 8.73. The Labute approximate surface area is 163 Å². The topological polar surface area (TPSA) is 88.6 Å². The van der Waals surface area contributed by atoms with Crippen LogP contribution in [0, 0.1) is 12.7 Å². The third-order valence-electron chi connectivity index (χ3n) is 4.09. The molecule has 1 aromatic heterocycles. The average Bonchev–Trinajstić information content (AvgIpc) is 2.58. The van der Waals surface area contributed by atoms with Gasteiger partial charge in [0.2, 0.25) is 5.88 Å². The number of halogens is 1. The van der Waals surface area contributed by atoms with Crippen LogP contribution in [0.2, 0.25) is 0 Å². The molecule has 1 aliphatic rings. The molecule has 0 unspecified atom stereocenters. The van der Waals surface area contributed by atoms with Crippen molar-refractivity contribution in [1.29, 1.82) is 0 Å². The van der Waals surface area contributed by atoms with Crippen LogP contribution in [0.1, 0.15) is 36.7 Å². The number of aromatic nitrogens is 1. The van der Waals surface area contributed by atoms with E-state index in [9.17, 15) is 17.6 Å². The number of amides is 1. The number of rotatable bonds is 3. The fourth-order valence-electron chi connectivity index (χ4n) is 2.88. The third kappa shape index (κ3) is 3.94. The number of sulfonamides is 1. The van der Waals surface area contributed by atoms with Crippen LogP contribution in [0.4, 0.5) is 10.1 Å². The van der Waals surface area contributed by atoms with Crippen molar-refractivity contribution in [2.24, 2.45) is 0 Å². The van der Waals surface area contributed by atoms with Gasteiger partial charge in [0.25, 0.3) is 15.9 Å². The number of anilines is 1. The molecule has 1 N–H and O–H groups in total. The Morgan fingerprint density at radius 2 is 2.00 bits per heavy atom. The molecule has 0 atom stereocenters. The molecule has 0 bridgehead atoms. The van der Waals surface area contributed by atoms with E-state index >= 15 is 0 Å². The van der Waals surface area contributed by atoms with Crippen molar-refractivity contribution >= 4 is 21.6 Å². The van der Waals surface area contributed by atoms with Crippen LogP contribution >= 0.6 is 0 Å². The Kier molecular flexibility index (Phi) is 5.05. The number of pyridine rings is 1. The van der Waals surface area contributed by atoms with E-state index in [-0.39, 0.29) is 41.1 Å². The molecule has 9 heteroatoms. The highest BCUT2D eigenvalue weighted by Crippen LogP contribution is 2.35. The SMILES string of the molecule is Cc1cc(F)ccc1S(=O)(=O)N1CCOc2ncc(C(=O)NC(C)(C)C)cc21. The van der Waals surface area contributed by atoms with Gasteiger partial charge in [0.05, 0.1) is 17.0 Å². The van der Waals surface area contributed by atoms with Gasteiger partial charge in [-0.2, -0.15) is 0 Å². The maximum atomic E-state index is 13.4. The maximum Gasteiger partial charge on any atom is 0.264 e. The van der Waals surface area contributed by atoms with Crippen LogP contribution in [0.3, 0.4) is 0 Å². The van der Waals surface area contributed by atoms with Crippen LogP contribution < -0.4 is 14.4 Å². The van der Waals surface area contributed by atoms with Crippen molar-refractivity contribution in [1.82, 2.24) is 10.3 Å². The zero-order chi connectivity index (χ0) is 20.7. The number of carbonyl (C=O) groups excluding carboxylic acids is 1. The monoisotopic (exact) mass is 407 g/mol.